The summed E-state index contributed by atoms with van der Waals surface area (Å²) in [5.41, 5.74) is 2.45. The number of fused-ring (bicyclic) bond motifs is 1. The first kappa shape index (κ1) is 23.1. The van der Waals surface area contributed by atoms with Crippen molar-refractivity contribution >= 4 is 29.9 Å². The third-order valence-corrected chi connectivity index (χ3v) is 4.98. The molecule has 1 unspecified atom stereocenters. The summed E-state index contributed by atoms with van der Waals surface area (Å²) in [6.45, 7) is 2.37. The van der Waals surface area contributed by atoms with Crippen LogP contribution in [0.25, 0.3) is 0 Å². The van der Waals surface area contributed by atoms with Gasteiger partial charge in [0.15, 0.2) is 17.5 Å². The maximum absolute atomic E-state index is 5.74. The molecule has 2 N–H and O–H groups in total. The van der Waals surface area contributed by atoms with Gasteiger partial charge < -0.3 is 24.8 Å². The number of nitrogens with one attached hydrogen (secondary N) is 2. The summed E-state index contributed by atoms with van der Waals surface area (Å²) in [6.07, 6.45) is 1.87. The van der Waals surface area contributed by atoms with E-state index in [1.54, 1.807) is 21.3 Å². The van der Waals surface area contributed by atoms with Gasteiger partial charge in [0.25, 0.3) is 0 Å². The molecule has 0 spiro atoms. The number of ether oxygens (including phenoxy) is 3. The highest BCUT2D eigenvalue weighted by atomic mass is 127. The third kappa shape index (κ3) is 6.16. The molecule has 7 heteroatoms. The summed E-state index contributed by atoms with van der Waals surface area (Å²) >= 11 is 0. The number of hydrogen-bond donors (Lipinski definition) is 2. The lowest BCUT2D eigenvalue weighted by molar-refractivity contribution is 0.267. The standard InChI is InChI=1S/C22H29N3O3.HI/c1-23-22(24-12-10-16-8-9-20(26-2)21(14-16)27-3)25-15-17-11-13-28-19-7-5-4-6-18(17)19;/h4-9,14,17H,10-13,15H2,1-3H3,(H2,23,24,25);1H. The summed E-state index contributed by atoms with van der Waals surface area (Å²) in [6, 6.07) is 14.3. The molecule has 6 nitrogen and oxygen atoms in total. The Balaban J connectivity index is 0.00000300. The van der Waals surface area contributed by atoms with Gasteiger partial charge >= 0.3 is 0 Å². The molecule has 1 aliphatic heterocycles. The van der Waals surface area contributed by atoms with Crippen LogP contribution in [0.15, 0.2) is 47.5 Å². The van der Waals surface area contributed by atoms with Crippen molar-refractivity contribution in [1.82, 2.24) is 10.6 Å². The van der Waals surface area contributed by atoms with Crippen LogP contribution >= 0.6 is 24.0 Å². The average molecular weight is 511 g/mol. The third-order valence-electron chi connectivity index (χ3n) is 4.98. The highest BCUT2D eigenvalue weighted by Gasteiger charge is 2.21. The normalized spacial score (nSPS) is 15.4. The van der Waals surface area contributed by atoms with Gasteiger partial charge in [0.05, 0.1) is 20.8 Å². The summed E-state index contributed by atoms with van der Waals surface area (Å²) in [7, 11) is 5.09. The number of methoxy groups -OCH3 is 2. The molecule has 1 aliphatic rings. The first-order valence-corrected chi connectivity index (χ1v) is 9.62. The summed E-state index contributed by atoms with van der Waals surface area (Å²) in [4.78, 5) is 4.34. The van der Waals surface area contributed by atoms with Crippen LogP contribution in [0.2, 0.25) is 0 Å². The molecule has 0 aromatic heterocycles. The zero-order chi connectivity index (χ0) is 19.8. The van der Waals surface area contributed by atoms with Gasteiger partial charge in [-0.25, -0.2) is 0 Å². The smallest absolute Gasteiger partial charge is 0.191 e. The van der Waals surface area contributed by atoms with E-state index in [4.69, 9.17) is 14.2 Å². The number of para-hydroxylation sites is 1. The quantitative estimate of drug-likeness (QED) is 0.338. The molecule has 0 fully saturated rings. The second kappa shape index (κ2) is 11.7. The molecule has 0 saturated carbocycles. The molecule has 2 aromatic rings. The maximum Gasteiger partial charge on any atom is 0.191 e. The lowest BCUT2D eigenvalue weighted by Crippen LogP contribution is -2.40. The fourth-order valence-electron chi connectivity index (χ4n) is 3.43. The number of benzene rings is 2. The van der Waals surface area contributed by atoms with E-state index in [-0.39, 0.29) is 24.0 Å². The molecule has 1 atom stereocenters. The second-order valence-corrected chi connectivity index (χ2v) is 6.69. The first-order chi connectivity index (χ1) is 13.7. The van der Waals surface area contributed by atoms with Crippen LogP contribution in [0.3, 0.4) is 0 Å². The van der Waals surface area contributed by atoms with Crippen molar-refractivity contribution in [2.75, 3.05) is 41.0 Å². The van der Waals surface area contributed by atoms with Gasteiger partial charge in [-0.05, 0) is 42.2 Å². The summed E-state index contributed by atoms with van der Waals surface area (Å²) < 4.78 is 16.4. The van der Waals surface area contributed by atoms with E-state index in [9.17, 15) is 0 Å². The molecule has 2 aromatic carbocycles. The molecule has 0 radical (unpaired) electrons. The molecular weight excluding hydrogens is 481 g/mol. The molecular formula is C22H30IN3O3. The Morgan fingerprint density at radius 1 is 1.10 bits per heavy atom. The van der Waals surface area contributed by atoms with Crippen molar-refractivity contribution in [1.29, 1.82) is 0 Å². The van der Waals surface area contributed by atoms with Crippen LogP contribution in [0.1, 0.15) is 23.5 Å². The Morgan fingerprint density at radius 2 is 1.90 bits per heavy atom. The average Bonchev–Trinajstić information content (AvgIpc) is 2.75. The highest BCUT2D eigenvalue weighted by molar-refractivity contribution is 14.0. The first-order valence-electron chi connectivity index (χ1n) is 9.62. The van der Waals surface area contributed by atoms with Crippen molar-refractivity contribution in [2.24, 2.45) is 4.99 Å². The fourth-order valence-corrected chi connectivity index (χ4v) is 3.43. The Labute approximate surface area is 190 Å². The maximum atomic E-state index is 5.74. The van der Waals surface area contributed by atoms with Gasteiger partial charge in [-0.15, -0.1) is 24.0 Å². The Bertz CT molecular complexity index is 814. The Kier molecular flexibility index (Phi) is 9.37. The van der Waals surface area contributed by atoms with Gasteiger partial charge in [0, 0.05) is 26.1 Å². The van der Waals surface area contributed by atoms with Crippen molar-refractivity contribution in [2.45, 2.75) is 18.8 Å². The zero-order valence-electron chi connectivity index (χ0n) is 17.2. The zero-order valence-corrected chi connectivity index (χ0v) is 19.6. The van der Waals surface area contributed by atoms with E-state index >= 15 is 0 Å². The minimum Gasteiger partial charge on any atom is -0.493 e. The number of aliphatic imine (C=N–C) groups is 1. The SMILES string of the molecule is CN=C(NCCc1ccc(OC)c(OC)c1)NCC1CCOc2ccccc21.I. The molecule has 29 heavy (non-hydrogen) atoms. The van der Waals surface area contributed by atoms with Crippen molar-refractivity contribution in [3.63, 3.8) is 0 Å². The Hall–Kier alpha value is -2.16. The summed E-state index contributed by atoms with van der Waals surface area (Å²) in [5.74, 6) is 3.73. The number of hydrogen-bond acceptors (Lipinski definition) is 4. The van der Waals surface area contributed by atoms with Crippen LogP contribution in [-0.2, 0) is 6.42 Å². The largest absolute Gasteiger partial charge is 0.493 e. The van der Waals surface area contributed by atoms with Gasteiger partial charge in [0.1, 0.15) is 5.75 Å². The van der Waals surface area contributed by atoms with E-state index in [0.717, 1.165) is 55.7 Å². The van der Waals surface area contributed by atoms with Crippen LogP contribution in [0.4, 0.5) is 0 Å². The number of rotatable bonds is 7. The van der Waals surface area contributed by atoms with Crippen molar-refractivity contribution < 1.29 is 14.2 Å². The molecule has 158 valence electrons. The monoisotopic (exact) mass is 511 g/mol. The van der Waals surface area contributed by atoms with Crippen molar-refractivity contribution in [3.05, 3.63) is 53.6 Å². The number of nitrogens with zero attached hydrogens (tertiary/aromatic N) is 1. The predicted octanol–water partition coefficient (Wildman–Crippen LogP) is 3.60. The van der Waals surface area contributed by atoms with Gasteiger partial charge in [-0.3, -0.25) is 4.99 Å². The fraction of sp³-hybridized carbons (Fsp3) is 0.409. The molecule has 0 aliphatic carbocycles. The number of guanidine groups is 1. The van der Waals surface area contributed by atoms with E-state index in [2.05, 4.69) is 33.8 Å². The van der Waals surface area contributed by atoms with E-state index in [0.29, 0.717) is 5.92 Å². The van der Waals surface area contributed by atoms with Gasteiger partial charge in [0.2, 0.25) is 0 Å². The van der Waals surface area contributed by atoms with Crippen LogP contribution in [0, 0.1) is 0 Å². The minimum absolute atomic E-state index is 0. The van der Waals surface area contributed by atoms with Gasteiger partial charge in [-0.1, -0.05) is 24.3 Å². The second-order valence-electron chi connectivity index (χ2n) is 6.69. The lowest BCUT2D eigenvalue weighted by atomic mass is 9.93. The van der Waals surface area contributed by atoms with Crippen LogP contribution in [0.5, 0.6) is 17.2 Å². The molecule has 0 bridgehead atoms. The van der Waals surface area contributed by atoms with E-state index < -0.39 is 0 Å². The molecule has 1 heterocycles. The molecule has 0 saturated heterocycles. The number of halogens is 1. The lowest BCUT2D eigenvalue weighted by Gasteiger charge is -2.26. The molecule has 3 rings (SSSR count). The van der Waals surface area contributed by atoms with Crippen LogP contribution < -0.4 is 24.8 Å². The molecule has 0 amide bonds. The summed E-state index contributed by atoms with van der Waals surface area (Å²) in [5, 5.41) is 6.83. The minimum atomic E-state index is 0. The van der Waals surface area contributed by atoms with E-state index in [1.165, 1.54) is 11.1 Å². The highest BCUT2D eigenvalue weighted by Crippen LogP contribution is 2.32. The predicted molar refractivity (Wildman–Crippen MR) is 127 cm³/mol. The van der Waals surface area contributed by atoms with E-state index in [1.807, 2.05) is 24.3 Å². The van der Waals surface area contributed by atoms with Crippen LogP contribution in [-0.4, -0.2) is 46.9 Å². The van der Waals surface area contributed by atoms with Gasteiger partial charge in [-0.2, -0.15) is 0 Å². The topological polar surface area (TPSA) is 64.1 Å². The Morgan fingerprint density at radius 3 is 2.66 bits per heavy atom. The van der Waals surface area contributed by atoms with Crippen molar-refractivity contribution in [3.8, 4) is 17.2 Å².